The fourth-order valence-corrected chi connectivity index (χ4v) is 2.04. The number of hydrogen-bond acceptors (Lipinski definition) is 4. The van der Waals surface area contributed by atoms with Gasteiger partial charge in [-0.15, -0.1) is 0 Å². The topological polar surface area (TPSA) is 39.7 Å². The van der Waals surface area contributed by atoms with Gasteiger partial charge in [-0.05, 0) is 31.5 Å². The Balaban J connectivity index is 2.19. The smallest absolute Gasteiger partial charge is 0.144 e. The van der Waals surface area contributed by atoms with Gasteiger partial charge in [0.15, 0.2) is 0 Å². The molecule has 1 unspecified atom stereocenters. The average molecular weight is 232 g/mol. The first-order valence-electron chi connectivity index (χ1n) is 5.97. The summed E-state index contributed by atoms with van der Waals surface area (Å²) in [5, 5.41) is 5.12. The highest BCUT2D eigenvalue weighted by Gasteiger charge is 2.24. The summed E-state index contributed by atoms with van der Waals surface area (Å²) < 4.78 is 0. The minimum atomic E-state index is 0.0438. The van der Waals surface area contributed by atoms with E-state index in [1.54, 1.807) is 0 Å². The molecule has 0 saturated heterocycles. The Hall–Kier alpha value is -1.39. The van der Waals surface area contributed by atoms with Crippen LogP contribution in [0.25, 0.3) is 0 Å². The molecule has 4 nitrogen and oxygen atoms in total. The van der Waals surface area contributed by atoms with Crippen molar-refractivity contribution in [2.75, 3.05) is 20.6 Å². The van der Waals surface area contributed by atoms with Crippen molar-refractivity contribution in [1.82, 2.24) is 15.8 Å². The van der Waals surface area contributed by atoms with Crippen LogP contribution in [0.4, 0.5) is 0 Å². The van der Waals surface area contributed by atoms with E-state index in [1.807, 2.05) is 19.1 Å². The number of allylic oxidation sites excluding steroid dienone is 4. The first-order chi connectivity index (χ1) is 8.22. The lowest BCUT2D eigenvalue weighted by Gasteiger charge is -2.17. The zero-order chi connectivity index (χ0) is 12.3. The highest BCUT2D eigenvalue weighted by Crippen LogP contribution is 2.21. The molecular formula is C13H20N4. The summed E-state index contributed by atoms with van der Waals surface area (Å²) in [6.07, 6.45) is 9.70. The lowest BCUT2D eigenvalue weighted by molar-refractivity contribution is 0.367. The molecule has 1 aliphatic heterocycles. The fraction of sp³-hybridized carbons (Fsp3) is 0.462. The minimum absolute atomic E-state index is 0.0438. The van der Waals surface area contributed by atoms with Crippen molar-refractivity contribution in [2.24, 2.45) is 4.99 Å². The van der Waals surface area contributed by atoms with E-state index in [4.69, 9.17) is 4.99 Å². The molecule has 17 heavy (non-hydrogen) atoms. The molecule has 2 aliphatic rings. The highest BCUT2D eigenvalue weighted by molar-refractivity contribution is 5.85. The van der Waals surface area contributed by atoms with Gasteiger partial charge in [-0.25, -0.2) is 10.4 Å². The van der Waals surface area contributed by atoms with E-state index in [1.165, 1.54) is 11.1 Å². The standard InChI is InChI=1S/C13H20N4/c1-10-7-5-4-6-8-11(10)13-15-12(9-14-2)17(3)16-13/h4,6-8,13-14,16H,5,9H2,1-3H3. The number of hydrogen-bond donors (Lipinski definition) is 2. The van der Waals surface area contributed by atoms with Gasteiger partial charge in [-0.1, -0.05) is 24.3 Å². The number of amidine groups is 1. The third-order valence-corrected chi connectivity index (χ3v) is 3.04. The Labute approximate surface area is 103 Å². The SMILES string of the molecule is CNCC1=NC(C2=CC=CCC=C2C)NN1C. The summed E-state index contributed by atoms with van der Waals surface area (Å²) in [5.74, 6) is 1.04. The average Bonchev–Trinajstić information content (AvgIpc) is 2.53. The van der Waals surface area contributed by atoms with E-state index in [0.29, 0.717) is 0 Å². The second-order valence-corrected chi connectivity index (χ2v) is 4.34. The third-order valence-electron chi connectivity index (χ3n) is 3.04. The molecule has 1 atom stereocenters. The quantitative estimate of drug-likeness (QED) is 0.768. The van der Waals surface area contributed by atoms with E-state index >= 15 is 0 Å². The molecule has 0 aromatic heterocycles. The van der Waals surface area contributed by atoms with Crippen molar-refractivity contribution in [3.8, 4) is 0 Å². The normalized spacial score (nSPS) is 24.3. The number of nitrogens with one attached hydrogen (secondary N) is 2. The number of aliphatic imine (C=N–C) groups is 1. The van der Waals surface area contributed by atoms with Crippen LogP contribution in [0.1, 0.15) is 13.3 Å². The predicted octanol–water partition coefficient (Wildman–Crippen LogP) is 1.21. The highest BCUT2D eigenvalue weighted by atomic mass is 15.6. The first kappa shape index (κ1) is 12.1. The molecule has 92 valence electrons. The molecule has 0 saturated carbocycles. The maximum atomic E-state index is 4.70. The minimum Gasteiger partial charge on any atom is -0.313 e. The molecule has 4 heteroatoms. The number of rotatable bonds is 3. The Morgan fingerprint density at radius 1 is 1.59 bits per heavy atom. The monoisotopic (exact) mass is 232 g/mol. The van der Waals surface area contributed by atoms with E-state index < -0.39 is 0 Å². The molecule has 0 spiro atoms. The Bertz CT molecular complexity index is 404. The van der Waals surface area contributed by atoms with E-state index in [2.05, 4.69) is 42.0 Å². The first-order valence-corrected chi connectivity index (χ1v) is 5.97. The van der Waals surface area contributed by atoms with Gasteiger partial charge >= 0.3 is 0 Å². The Kier molecular flexibility index (Phi) is 3.76. The molecule has 0 amide bonds. The summed E-state index contributed by atoms with van der Waals surface area (Å²) in [4.78, 5) is 4.70. The van der Waals surface area contributed by atoms with Crippen LogP contribution in [0.15, 0.2) is 40.4 Å². The Morgan fingerprint density at radius 3 is 3.18 bits per heavy atom. The van der Waals surface area contributed by atoms with Crippen molar-refractivity contribution >= 4 is 5.84 Å². The van der Waals surface area contributed by atoms with Crippen molar-refractivity contribution in [3.63, 3.8) is 0 Å². The molecule has 2 N–H and O–H groups in total. The van der Waals surface area contributed by atoms with E-state index in [0.717, 1.165) is 18.8 Å². The summed E-state index contributed by atoms with van der Waals surface area (Å²) in [6.45, 7) is 2.93. The maximum Gasteiger partial charge on any atom is 0.144 e. The van der Waals surface area contributed by atoms with Crippen molar-refractivity contribution in [3.05, 3.63) is 35.5 Å². The lowest BCUT2D eigenvalue weighted by Crippen LogP contribution is -2.40. The van der Waals surface area contributed by atoms with E-state index in [9.17, 15) is 0 Å². The molecule has 0 radical (unpaired) electrons. The second kappa shape index (κ2) is 5.29. The summed E-state index contributed by atoms with van der Waals surface area (Å²) in [5.41, 5.74) is 5.91. The molecule has 0 fully saturated rings. The molecule has 0 aromatic carbocycles. The molecule has 1 heterocycles. The fourth-order valence-electron chi connectivity index (χ4n) is 2.04. The maximum absolute atomic E-state index is 4.70. The van der Waals surface area contributed by atoms with Crippen LogP contribution in [0.5, 0.6) is 0 Å². The largest absolute Gasteiger partial charge is 0.313 e. The van der Waals surface area contributed by atoms with Crippen molar-refractivity contribution in [2.45, 2.75) is 19.5 Å². The lowest BCUT2D eigenvalue weighted by atomic mass is 10.1. The zero-order valence-electron chi connectivity index (χ0n) is 10.7. The number of likely N-dealkylation sites (N-methyl/N-ethyl adjacent to an activating group) is 2. The van der Waals surface area contributed by atoms with Gasteiger partial charge in [-0.2, -0.15) is 0 Å². The number of hydrazine groups is 1. The van der Waals surface area contributed by atoms with E-state index in [-0.39, 0.29) is 6.17 Å². The molecule has 0 aromatic rings. The van der Waals surface area contributed by atoms with Gasteiger partial charge in [0.2, 0.25) is 0 Å². The number of nitrogens with zero attached hydrogens (tertiary/aromatic N) is 2. The predicted molar refractivity (Wildman–Crippen MR) is 71.6 cm³/mol. The third kappa shape index (κ3) is 2.65. The van der Waals surface area contributed by atoms with Gasteiger partial charge in [0.1, 0.15) is 12.0 Å². The van der Waals surface area contributed by atoms with Crippen molar-refractivity contribution in [1.29, 1.82) is 0 Å². The van der Waals surface area contributed by atoms with Crippen LogP contribution < -0.4 is 10.7 Å². The van der Waals surface area contributed by atoms with Crippen LogP contribution in [-0.4, -0.2) is 37.7 Å². The molecule has 2 rings (SSSR count). The second-order valence-electron chi connectivity index (χ2n) is 4.34. The van der Waals surface area contributed by atoms with Gasteiger partial charge in [0, 0.05) is 7.05 Å². The van der Waals surface area contributed by atoms with Gasteiger partial charge in [-0.3, -0.25) is 5.01 Å². The molecular weight excluding hydrogens is 212 g/mol. The van der Waals surface area contributed by atoms with Gasteiger partial charge in [0.05, 0.1) is 6.54 Å². The zero-order valence-corrected chi connectivity index (χ0v) is 10.7. The van der Waals surface area contributed by atoms with Gasteiger partial charge in [0.25, 0.3) is 0 Å². The summed E-state index contributed by atoms with van der Waals surface area (Å²) >= 11 is 0. The van der Waals surface area contributed by atoms with Crippen LogP contribution in [0, 0.1) is 0 Å². The van der Waals surface area contributed by atoms with Crippen LogP contribution in [0.2, 0.25) is 0 Å². The van der Waals surface area contributed by atoms with Crippen molar-refractivity contribution < 1.29 is 0 Å². The van der Waals surface area contributed by atoms with Crippen LogP contribution >= 0.6 is 0 Å². The summed E-state index contributed by atoms with van der Waals surface area (Å²) in [6, 6.07) is 0. The van der Waals surface area contributed by atoms with Crippen LogP contribution in [0.3, 0.4) is 0 Å². The Morgan fingerprint density at radius 2 is 2.41 bits per heavy atom. The molecule has 0 bridgehead atoms. The van der Waals surface area contributed by atoms with Gasteiger partial charge < -0.3 is 5.32 Å². The van der Waals surface area contributed by atoms with Crippen LogP contribution in [-0.2, 0) is 0 Å². The summed E-state index contributed by atoms with van der Waals surface area (Å²) in [7, 11) is 3.94. The molecule has 1 aliphatic carbocycles.